The SMILES string of the molecule is CC1=C(c2ccccc2)S(=O)(=O)NC1=NCCN1CCCCC1.NC[C@H]1O[C@H](O[C@H]2[C@H](O)[C@@H](O[C@H]3O[C@H](CO)[C@@H](O)[C@H](N)[C@H]3O)[C@H](N)C[C@@H]2N)[C@H](O)[C@@H](O)[C@@H]1O. The van der Waals surface area contributed by atoms with Crippen molar-refractivity contribution >= 4 is 20.8 Å². The number of aliphatic hydroxyl groups excluding tert-OH is 7. The van der Waals surface area contributed by atoms with E-state index in [-0.39, 0.29) is 13.0 Å². The molecule has 21 heteroatoms. The smallest absolute Gasteiger partial charge is 0.264 e. The van der Waals surface area contributed by atoms with Gasteiger partial charge in [0.05, 0.1) is 19.2 Å². The Morgan fingerprint density at radius 1 is 0.821 bits per heavy atom. The van der Waals surface area contributed by atoms with Crippen LogP contribution in [0.3, 0.4) is 0 Å². The lowest BCUT2D eigenvalue weighted by atomic mass is 9.84. The largest absolute Gasteiger partial charge is 0.394 e. The summed E-state index contributed by atoms with van der Waals surface area (Å²) >= 11 is 0. The molecule has 3 saturated heterocycles. The minimum absolute atomic E-state index is 0.0849. The highest BCUT2D eigenvalue weighted by Gasteiger charge is 2.51. The van der Waals surface area contributed by atoms with Crippen molar-refractivity contribution in [3.05, 3.63) is 41.5 Å². The Morgan fingerprint density at radius 2 is 1.41 bits per heavy atom. The summed E-state index contributed by atoms with van der Waals surface area (Å²) in [5, 5.41) is 70.9. The zero-order chi connectivity index (χ0) is 40.9. The molecular weight excluding hydrogens is 758 g/mol. The molecule has 1 aromatic carbocycles. The fourth-order valence-electron chi connectivity index (χ4n) is 7.56. The molecule has 1 aromatic rings. The lowest BCUT2D eigenvalue weighted by Crippen LogP contribution is -2.68. The second-order valence-electron chi connectivity index (χ2n) is 14.8. The summed E-state index contributed by atoms with van der Waals surface area (Å²) in [4.78, 5) is 7.24. The van der Waals surface area contributed by atoms with Gasteiger partial charge in [-0.1, -0.05) is 36.8 Å². The number of aliphatic imine (C=N–C) groups is 1. The average molecular weight is 818 g/mol. The summed E-state index contributed by atoms with van der Waals surface area (Å²) in [5.74, 6) is 0.487. The van der Waals surface area contributed by atoms with Crippen LogP contribution < -0.4 is 27.7 Å². The first-order valence-corrected chi connectivity index (χ1v) is 20.4. The van der Waals surface area contributed by atoms with Crippen LogP contribution >= 0.6 is 0 Å². The highest BCUT2D eigenvalue weighted by Crippen LogP contribution is 2.32. The lowest BCUT2D eigenvalue weighted by Gasteiger charge is -2.48. The maximum atomic E-state index is 12.4. The molecule has 318 valence electrons. The van der Waals surface area contributed by atoms with Gasteiger partial charge in [0.2, 0.25) is 0 Å². The number of benzene rings is 1. The number of amidine groups is 1. The van der Waals surface area contributed by atoms with E-state index in [1.807, 2.05) is 37.3 Å². The Bertz CT molecular complexity index is 1540. The molecule has 0 spiro atoms. The normalized spacial score (nSPS) is 41.2. The van der Waals surface area contributed by atoms with Crippen molar-refractivity contribution in [3.8, 4) is 0 Å². The number of nitrogens with one attached hydrogen (secondary N) is 1. The van der Waals surface area contributed by atoms with E-state index in [1.54, 1.807) is 0 Å². The van der Waals surface area contributed by atoms with Gasteiger partial charge in [-0.15, -0.1) is 0 Å². The van der Waals surface area contributed by atoms with Crippen molar-refractivity contribution in [2.75, 3.05) is 39.3 Å². The molecule has 0 radical (unpaired) electrons. The number of hydrogen-bond donors (Lipinski definition) is 12. The summed E-state index contributed by atoms with van der Waals surface area (Å²) in [6.07, 6.45) is -12.6. The Balaban J connectivity index is 0.000000228. The van der Waals surface area contributed by atoms with Crippen LogP contribution in [0.15, 0.2) is 40.9 Å². The Kier molecular flexibility index (Phi) is 15.7. The highest BCUT2D eigenvalue weighted by molar-refractivity contribution is 8.00. The van der Waals surface area contributed by atoms with Gasteiger partial charge in [-0.3, -0.25) is 9.71 Å². The van der Waals surface area contributed by atoms with Crippen LogP contribution in [0, 0.1) is 0 Å². The van der Waals surface area contributed by atoms with Gasteiger partial charge >= 0.3 is 0 Å². The molecule has 0 amide bonds. The van der Waals surface area contributed by atoms with Gasteiger partial charge in [0.15, 0.2) is 12.6 Å². The predicted octanol–water partition coefficient (Wildman–Crippen LogP) is -5.06. The number of piperidine rings is 1. The average Bonchev–Trinajstić information content (AvgIpc) is 3.42. The van der Waals surface area contributed by atoms with Crippen LogP contribution in [0.2, 0.25) is 0 Å². The van der Waals surface area contributed by atoms with Crippen molar-refractivity contribution in [3.63, 3.8) is 0 Å². The highest BCUT2D eigenvalue weighted by atomic mass is 32.2. The number of hydrogen-bond acceptors (Lipinski definition) is 19. The molecule has 4 aliphatic heterocycles. The van der Waals surface area contributed by atoms with Gasteiger partial charge < -0.3 is 82.5 Å². The standard InChI is InChI=1S/C18H36N4O11.C17H23N3O2S/c19-2-6-10(25)12(27)13(28)18(30-6)33-16-5(21)1-4(20)15(14(16)29)32-17-11(26)8(22)9(24)7(3-23)31-17;1-14-16(15-8-4-2-5-9-15)23(21,22)19-17(14)18-10-13-20-11-6-3-7-12-20/h4-18,23-29H,1-3,19-22H2;2,4-5,8-9H,3,6-7,10-13H2,1H3,(H,18,19)/t4-,5+,6-,7-,8+,9-,10-,11-,12+,13-,14-,15+,16-,17-,18-;/m1./s1. The van der Waals surface area contributed by atoms with Crippen molar-refractivity contribution in [2.45, 2.75) is 124 Å². The van der Waals surface area contributed by atoms with Gasteiger partial charge in [0.1, 0.15) is 71.8 Å². The first-order valence-electron chi connectivity index (χ1n) is 18.9. The zero-order valence-electron chi connectivity index (χ0n) is 31.3. The molecule has 15 atom stereocenters. The van der Waals surface area contributed by atoms with Crippen molar-refractivity contribution in [1.82, 2.24) is 9.62 Å². The predicted molar refractivity (Wildman–Crippen MR) is 201 cm³/mol. The van der Waals surface area contributed by atoms with Crippen LogP contribution in [-0.2, 0) is 29.0 Å². The second-order valence-corrected chi connectivity index (χ2v) is 16.5. The van der Waals surface area contributed by atoms with Gasteiger partial charge in [-0.05, 0) is 44.8 Å². The molecular formula is C35H59N7O13S. The van der Waals surface area contributed by atoms with Crippen LogP contribution in [0.1, 0.15) is 38.2 Å². The third kappa shape index (κ3) is 10.1. The molecule has 0 unspecified atom stereocenters. The van der Waals surface area contributed by atoms with Crippen LogP contribution in [0.5, 0.6) is 0 Å². The number of likely N-dealkylation sites (tertiary alicyclic amines) is 1. The van der Waals surface area contributed by atoms with Crippen LogP contribution in [0.4, 0.5) is 0 Å². The Hall–Kier alpha value is -2.26. The molecule has 0 aromatic heterocycles. The van der Waals surface area contributed by atoms with Crippen LogP contribution in [-0.4, -0.2) is 186 Å². The Labute approximate surface area is 326 Å². The van der Waals surface area contributed by atoms with E-state index in [0.717, 1.165) is 19.6 Å². The molecule has 0 bridgehead atoms. The molecule has 56 heavy (non-hydrogen) atoms. The zero-order valence-corrected chi connectivity index (χ0v) is 32.1. The molecule has 16 N–H and O–H groups in total. The third-order valence-corrected chi connectivity index (χ3v) is 12.4. The topological polar surface area (TPSA) is 344 Å². The van der Waals surface area contributed by atoms with Crippen molar-refractivity contribution < 1.29 is 63.1 Å². The summed E-state index contributed by atoms with van der Waals surface area (Å²) in [7, 11) is -3.51. The van der Waals surface area contributed by atoms with Gasteiger partial charge in [0.25, 0.3) is 10.0 Å². The molecule has 1 aliphatic carbocycles. The van der Waals surface area contributed by atoms with E-state index in [9.17, 15) is 44.2 Å². The Morgan fingerprint density at radius 3 is 2.00 bits per heavy atom. The molecule has 4 heterocycles. The first kappa shape index (κ1) is 44.8. The summed E-state index contributed by atoms with van der Waals surface area (Å²) in [6.45, 7) is 4.82. The monoisotopic (exact) mass is 817 g/mol. The summed E-state index contributed by atoms with van der Waals surface area (Å²) < 4.78 is 49.6. The number of nitrogens with zero attached hydrogens (tertiary/aromatic N) is 2. The summed E-state index contributed by atoms with van der Waals surface area (Å²) in [6, 6.07) is 6.33. The third-order valence-electron chi connectivity index (χ3n) is 10.8. The fraction of sp³-hybridized carbons (Fsp3) is 0.743. The van der Waals surface area contributed by atoms with Crippen molar-refractivity contribution in [1.29, 1.82) is 0 Å². The van der Waals surface area contributed by atoms with Crippen molar-refractivity contribution in [2.24, 2.45) is 27.9 Å². The number of nitrogens with two attached hydrogens (primary N) is 4. The maximum Gasteiger partial charge on any atom is 0.264 e. The van der Waals surface area contributed by atoms with E-state index in [4.69, 9.17) is 41.9 Å². The number of aliphatic hydroxyl groups is 7. The second kappa shape index (κ2) is 19.7. The lowest BCUT2D eigenvalue weighted by molar-refractivity contribution is -0.332. The van der Waals surface area contributed by atoms with E-state index < -0.39 is 108 Å². The maximum absolute atomic E-state index is 12.4. The van der Waals surface area contributed by atoms with E-state index in [0.29, 0.717) is 28.4 Å². The fourth-order valence-corrected chi connectivity index (χ4v) is 9.08. The van der Waals surface area contributed by atoms with E-state index in [1.165, 1.54) is 19.3 Å². The first-order chi connectivity index (χ1) is 26.6. The minimum atomic E-state index is -3.51. The molecule has 1 saturated carbocycles. The van der Waals surface area contributed by atoms with Gasteiger partial charge in [0, 0.05) is 30.7 Å². The number of ether oxygens (including phenoxy) is 4. The van der Waals surface area contributed by atoms with E-state index >= 15 is 0 Å². The van der Waals surface area contributed by atoms with Crippen LogP contribution in [0.25, 0.3) is 4.91 Å². The molecule has 20 nitrogen and oxygen atoms in total. The number of sulfonamides is 1. The van der Waals surface area contributed by atoms with Gasteiger partial charge in [-0.25, -0.2) is 8.42 Å². The quantitative estimate of drug-likeness (QED) is 0.105. The van der Waals surface area contributed by atoms with E-state index in [2.05, 4.69) is 14.6 Å². The molecule has 5 aliphatic rings. The number of rotatable bonds is 10. The minimum Gasteiger partial charge on any atom is -0.394 e. The van der Waals surface area contributed by atoms with Gasteiger partial charge in [-0.2, -0.15) is 0 Å². The molecule has 4 fully saturated rings. The molecule has 6 rings (SSSR count). The summed E-state index contributed by atoms with van der Waals surface area (Å²) in [5.41, 5.74) is 24.9.